The Hall–Kier alpha value is -1.63. The lowest BCUT2D eigenvalue weighted by atomic mass is 10.0. The molecule has 0 bridgehead atoms. The van der Waals surface area contributed by atoms with Crippen molar-refractivity contribution < 1.29 is 22.7 Å². The van der Waals surface area contributed by atoms with Crippen molar-refractivity contribution in [2.45, 2.75) is 19.0 Å². The second-order valence-electron chi connectivity index (χ2n) is 5.09. The molecule has 0 amide bonds. The minimum absolute atomic E-state index is 0.0500. The number of nitrogens with one attached hydrogen (secondary N) is 1. The van der Waals surface area contributed by atoms with Gasteiger partial charge in [0.15, 0.2) is 17.5 Å². The van der Waals surface area contributed by atoms with Crippen LogP contribution in [-0.4, -0.2) is 11.7 Å². The molecule has 0 aliphatic rings. The first kappa shape index (κ1) is 17.7. The van der Waals surface area contributed by atoms with Crippen LogP contribution in [-0.2, 0) is 0 Å². The predicted molar refractivity (Wildman–Crippen MR) is 79.1 cm³/mol. The van der Waals surface area contributed by atoms with Gasteiger partial charge in [-0.25, -0.2) is 17.6 Å². The van der Waals surface area contributed by atoms with E-state index in [2.05, 4.69) is 5.32 Å². The summed E-state index contributed by atoms with van der Waals surface area (Å²) in [5.74, 6) is -4.74. The molecular weight excluding hydrogens is 334 g/mol. The third kappa shape index (κ3) is 4.02. The summed E-state index contributed by atoms with van der Waals surface area (Å²) in [7, 11) is 0. The minimum Gasteiger partial charge on any atom is -0.394 e. The van der Waals surface area contributed by atoms with Gasteiger partial charge in [0.05, 0.1) is 12.6 Å². The van der Waals surface area contributed by atoms with E-state index in [-0.39, 0.29) is 10.6 Å². The normalized spacial score (nSPS) is 13.9. The third-order valence-corrected chi connectivity index (χ3v) is 3.80. The fourth-order valence-corrected chi connectivity index (χ4v) is 2.61. The highest BCUT2D eigenvalue weighted by Crippen LogP contribution is 2.27. The van der Waals surface area contributed by atoms with E-state index in [0.717, 1.165) is 18.2 Å². The maximum Gasteiger partial charge on any atom is 0.194 e. The number of halogens is 5. The molecule has 124 valence electrons. The first-order valence-corrected chi connectivity index (χ1v) is 7.17. The molecule has 2 rings (SSSR count). The molecule has 0 heterocycles. The SMILES string of the molecule is CC(NC(CO)c1cc(F)c(F)c(F)c1)c1ccc(F)cc1Cl. The van der Waals surface area contributed by atoms with Crippen molar-refractivity contribution in [1.82, 2.24) is 5.32 Å². The van der Waals surface area contributed by atoms with E-state index < -0.39 is 42.0 Å². The summed E-state index contributed by atoms with van der Waals surface area (Å²) in [4.78, 5) is 0. The van der Waals surface area contributed by atoms with Crippen LogP contribution in [0.25, 0.3) is 0 Å². The molecule has 0 fully saturated rings. The van der Waals surface area contributed by atoms with Gasteiger partial charge in [-0.2, -0.15) is 0 Å². The van der Waals surface area contributed by atoms with Gasteiger partial charge in [0, 0.05) is 11.1 Å². The molecule has 2 aromatic carbocycles. The molecule has 7 heteroatoms. The summed E-state index contributed by atoms with van der Waals surface area (Å²) in [5, 5.41) is 12.5. The average Bonchev–Trinajstić information content (AvgIpc) is 2.49. The van der Waals surface area contributed by atoms with E-state index >= 15 is 0 Å². The molecule has 23 heavy (non-hydrogen) atoms. The second kappa shape index (κ2) is 7.29. The largest absolute Gasteiger partial charge is 0.394 e. The van der Waals surface area contributed by atoms with E-state index in [0.29, 0.717) is 5.56 Å². The molecule has 2 aromatic rings. The zero-order valence-electron chi connectivity index (χ0n) is 12.1. The number of aliphatic hydroxyl groups excluding tert-OH is 1. The van der Waals surface area contributed by atoms with Crippen molar-refractivity contribution in [2.24, 2.45) is 0 Å². The number of hydrogen-bond acceptors (Lipinski definition) is 2. The smallest absolute Gasteiger partial charge is 0.194 e. The van der Waals surface area contributed by atoms with E-state index in [9.17, 15) is 22.7 Å². The lowest BCUT2D eigenvalue weighted by Crippen LogP contribution is -2.28. The van der Waals surface area contributed by atoms with Crippen LogP contribution in [0.5, 0.6) is 0 Å². The summed E-state index contributed by atoms with van der Waals surface area (Å²) in [6.07, 6.45) is 0. The quantitative estimate of drug-likeness (QED) is 0.625. The number of benzene rings is 2. The van der Waals surface area contributed by atoms with Gasteiger partial charge in [-0.15, -0.1) is 0 Å². The minimum atomic E-state index is -1.57. The van der Waals surface area contributed by atoms with Gasteiger partial charge < -0.3 is 10.4 Å². The molecular formula is C16H14ClF4NO. The first-order chi connectivity index (χ1) is 10.8. The van der Waals surface area contributed by atoms with Crippen LogP contribution in [0.3, 0.4) is 0 Å². The van der Waals surface area contributed by atoms with Crippen LogP contribution in [0.2, 0.25) is 5.02 Å². The lowest BCUT2D eigenvalue weighted by molar-refractivity contribution is 0.234. The Bertz CT molecular complexity index is 687. The predicted octanol–water partition coefficient (Wildman–Crippen LogP) is 4.28. The van der Waals surface area contributed by atoms with Crippen LogP contribution in [0.1, 0.15) is 30.1 Å². The maximum atomic E-state index is 13.3. The van der Waals surface area contributed by atoms with Gasteiger partial charge in [-0.1, -0.05) is 17.7 Å². The second-order valence-corrected chi connectivity index (χ2v) is 5.50. The summed E-state index contributed by atoms with van der Waals surface area (Å²) in [5.41, 5.74) is 0.601. The van der Waals surface area contributed by atoms with E-state index in [1.807, 2.05) is 0 Å². The molecule has 2 nitrogen and oxygen atoms in total. The number of aliphatic hydroxyl groups is 1. The molecule has 0 aromatic heterocycles. The van der Waals surface area contributed by atoms with Gasteiger partial charge in [-0.3, -0.25) is 0 Å². The lowest BCUT2D eigenvalue weighted by Gasteiger charge is -2.23. The highest BCUT2D eigenvalue weighted by molar-refractivity contribution is 6.31. The van der Waals surface area contributed by atoms with Gasteiger partial charge in [0.2, 0.25) is 0 Å². The van der Waals surface area contributed by atoms with Gasteiger partial charge in [0.1, 0.15) is 5.82 Å². The van der Waals surface area contributed by atoms with Crippen LogP contribution in [0.15, 0.2) is 30.3 Å². The summed E-state index contributed by atoms with van der Waals surface area (Å²) in [6.45, 7) is 1.21. The molecule has 2 N–H and O–H groups in total. The topological polar surface area (TPSA) is 32.3 Å². The summed E-state index contributed by atoms with van der Waals surface area (Å²) < 4.78 is 52.7. The zero-order chi connectivity index (χ0) is 17.1. The Labute approximate surface area is 135 Å². The van der Waals surface area contributed by atoms with E-state index in [1.54, 1.807) is 6.92 Å². The molecule has 0 radical (unpaired) electrons. The molecule has 0 saturated heterocycles. The van der Waals surface area contributed by atoms with Crippen LogP contribution < -0.4 is 5.32 Å². The van der Waals surface area contributed by atoms with Crippen molar-refractivity contribution in [3.05, 3.63) is 69.8 Å². The Balaban J connectivity index is 2.25. The van der Waals surface area contributed by atoms with Crippen molar-refractivity contribution in [3.8, 4) is 0 Å². The number of hydrogen-bond donors (Lipinski definition) is 2. The average molecular weight is 348 g/mol. The van der Waals surface area contributed by atoms with Gasteiger partial charge >= 0.3 is 0 Å². The van der Waals surface area contributed by atoms with E-state index in [4.69, 9.17) is 11.6 Å². The van der Waals surface area contributed by atoms with Gasteiger partial charge in [0.25, 0.3) is 0 Å². The molecule has 2 atom stereocenters. The van der Waals surface area contributed by atoms with Crippen LogP contribution >= 0.6 is 11.6 Å². The fourth-order valence-electron chi connectivity index (χ4n) is 2.27. The van der Waals surface area contributed by atoms with Crippen molar-refractivity contribution in [3.63, 3.8) is 0 Å². The Kier molecular flexibility index (Phi) is 5.62. The fraction of sp³-hybridized carbons (Fsp3) is 0.250. The summed E-state index contributed by atoms with van der Waals surface area (Å²) >= 11 is 5.96. The molecule has 0 spiro atoms. The Morgan fingerprint density at radius 1 is 1.09 bits per heavy atom. The Morgan fingerprint density at radius 3 is 2.22 bits per heavy atom. The highest BCUT2D eigenvalue weighted by atomic mass is 35.5. The van der Waals surface area contributed by atoms with Gasteiger partial charge in [-0.05, 0) is 42.3 Å². The monoisotopic (exact) mass is 347 g/mol. The molecule has 0 saturated carbocycles. The highest BCUT2D eigenvalue weighted by Gasteiger charge is 2.20. The first-order valence-electron chi connectivity index (χ1n) is 6.79. The standard InChI is InChI=1S/C16H14ClF4NO/c1-8(11-3-2-10(18)6-12(11)17)22-15(7-23)9-4-13(19)16(21)14(20)5-9/h2-6,8,15,22-23H,7H2,1H3. The third-order valence-electron chi connectivity index (χ3n) is 3.47. The maximum absolute atomic E-state index is 13.3. The number of rotatable bonds is 5. The van der Waals surface area contributed by atoms with Crippen LogP contribution in [0, 0.1) is 23.3 Å². The molecule has 2 unspecified atom stereocenters. The Morgan fingerprint density at radius 2 is 1.70 bits per heavy atom. The van der Waals surface area contributed by atoms with Crippen molar-refractivity contribution in [1.29, 1.82) is 0 Å². The van der Waals surface area contributed by atoms with Crippen molar-refractivity contribution >= 4 is 11.6 Å². The molecule has 0 aliphatic carbocycles. The zero-order valence-corrected chi connectivity index (χ0v) is 12.8. The van der Waals surface area contributed by atoms with Crippen molar-refractivity contribution in [2.75, 3.05) is 6.61 Å². The molecule has 0 aliphatic heterocycles. The van der Waals surface area contributed by atoms with E-state index in [1.165, 1.54) is 12.1 Å². The van der Waals surface area contributed by atoms with Crippen LogP contribution in [0.4, 0.5) is 17.6 Å². The summed E-state index contributed by atoms with van der Waals surface area (Å²) in [6, 6.07) is 4.16.